The van der Waals surface area contributed by atoms with Gasteiger partial charge in [-0.3, -0.25) is 4.79 Å². The molecule has 0 fully saturated rings. The summed E-state index contributed by atoms with van der Waals surface area (Å²) < 4.78 is 12.4. The highest BCUT2D eigenvalue weighted by Crippen LogP contribution is 2.33. The summed E-state index contributed by atoms with van der Waals surface area (Å²) in [5.74, 6) is 1.08. The molecule has 0 unspecified atom stereocenters. The van der Waals surface area contributed by atoms with E-state index < -0.39 is 0 Å². The number of halogens is 1. The van der Waals surface area contributed by atoms with Crippen molar-refractivity contribution in [3.05, 3.63) is 101 Å². The zero-order chi connectivity index (χ0) is 20.8. The first kappa shape index (κ1) is 20.0. The minimum absolute atomic E-state index is 0.0912. The van der Waals surface area contributed by atoms with Crippen molar-refractivity contribution < 1.29 is 14.3 Å². The maximum atomic E-state index is 12.4. The van der Waals surface area contributed by atoms with Gasteiger partial charge in [0.2, 0.25) is 0 Å². The summed E-state index contributed by atoms with van der Waals surface area (Å²) in [6.07, 6.45) is 0. The van der Waals surface area contributed by atoms with Gasteiger partial charge in [0.1, 0.15) is 18.1 Å². The number of carbonyl (C=O) groups is 1. The minimum Gasteiger partial charge on any atom is -0.489 e. The van der Waals surface area contributed by atoms with Crippen molar-refractivity contribution in [3.63, 3.8) is 0 Å². The number of nitrogens with one attached hydrogen (secondary N) is 1. The molecule has 0 spiro atoms. The fraction of sp³-hybridized carbons (Fsp3) is 0.0800. The molecule has 0 saturated carbocycles. The van der Waals surface area contributed by atoms with Crippen molar-refractivity contribution in [3.8, 4) is 11.5 Å². The largest absolute Gasteiger partial charge is 0.489 e. The predicted octanol–water partition coefficient (Wildman–Crippen LogP) is 6.20. The summed E-state index contributed by atoms with van der Waals surface area (Å²) in [5.41, 5.74) is 1.74. The molecule has 0 atom stereocenters. The molecule has 4 nitrogen and oxygen atoms in total. The Balaban J connectivity index is 1.34. The Morgan fingerprint density at radius 2 is 1.63 bits per heavy atom. The lowest BCUT2D eigenvalue weighted by molar-refractivity contribution is -0.118. The summed E-state index contributed by atoms with van der Waals surface area (Å²) >= 11 is 3.57. The average molecular weight is 462 g/mol. The summed E-state index contributed by atoms with van der Waals surface area (Å²) in [5, 5.41) is 4.99. The summed E-state index contributed by atoms with van der Waals surface area (Å²) in [4.78, 5) is 12.4. The van der Waals surface area contributed by atoms with Crippen molar-refractivity contribution in [1.82, 2.24) is 0 Å². The van der Waals surface area contributed by atoms with Gasteiger partial charge in [0.15, 0.2) is 6.61 Å². The smallest absolute Gasteiger partial charge is 0.262 e. The van der Waals surface area contributed by atoms with Crippen molar-refractivity contribution in [2.45, 2.75) is 6.61 Å². The van der Waals surface area contributed by atoms with Gasteiger partial charge >= 0.3 is 0 Å². The normalized spacial score (nSPS) is 10.6. The van der Waals surface area contributed by atoms with Crippen LogP contribution in [-0.4, -0.2) is 12.5 Å². The lowest BCUT2D eigenvalue weighted by Crippen LogP contribution is -2.20. The van der Waals surface area contributed by atoms with Crippen LogP contribution in [0.3, 0.4) is 0 Å². The van der Waals surface area contributed by atoms with E-state index in [1.165, 1.54) is 0 Å². The van der Waals surface area contributed by atoms with Crippen LogP contribution in [0, 0.1) is 0 Å². The Bertz CT molecular complexity index is 1160. The van der Waals surface area contributed by atoms with Gasteiger partial charge in [0.05, 0.1) is 4.47 Å². The molecule has 0 saturated heterocycles. The molecule has 0 aliphatic rings. The molecule has 0 aliphatic heterocycles. The van der Waals surface area contributed by atoms with Crippen LogP contribution in [0.2, 0.25) is 0 Å². The van der Waals surface area contributed by atoms with Crippen LogP contribution in [-0.2, 0) is 11.4 Å². The highest BCUT2D eigenvalue weighted by atomic mass is 79.9. The molecule has 0 aromatic heterocycles. The molecule has 4 aromatic rings. The molecular weight excluding hydrogens is 442 g/mol. The number of rotatable bonds is 7. The predicted molar refractivity (Wildman–Crippen MR) is 123 cm³/mol. The maximum Gasteiger partial charge on any atom is 0.262 e. The molecule has 30 heavy (non-hydrogen) atoms. The SMILES string of the molecule is O=C(COc1ccc2ccccc2c1Br)Nc1cccc(OCc2ccccc2)c1. The number of anilines is 1. The molecular formula is C25H20BrNO3. The van der Waals surface area contributed by atoms with E-state index in [1.54, 1.807) is 6.07 Å². The van der Waals surface area contributed by atoms with E-state index >= 15 is 0 Å². The second-order valence-corrected chi connectivity index (χ2v) is 7.53. The van der Waals surface area contributed by atoms with Gasteiger partial charge in [0.25, 0.3) is 5.91 Å². The van der Waals surface area contributed by atoms with Crippen LogP contribution in [0.15, 0.2) is 95.5 Å². The Morgan fingerprint density at radius 3 is 2.50 bits per heavy atom. The van der Waals surface area contributed by atoms with Crippen LogP contribution in [0.1, 0.15) is 5.56 Å². The Hall–Kier alpha value is -3.31. The maximum absolute atomic E-state index is 12.4. The molecule has 0 aliphatic carbocycles. The molecule has 1 amide bonds. The van der Waals surface area contributed by atoms with Gasteiger partial charge < -0.3 is 14.8 Å². The van der Waals surface area contributed by atoms with Crippen molar-refractivity contribution >= 4 is 38.3 Å². The molecule has 0 bridgehead atoms. The quantitative estimate of drug-likeness (QED) is 0.356. The first-order valence-electron chi connectivity index (χ1n) is 9.56. The third-order valence-electron chi connectivity index (χ3n) is 4.55. The van der Waals surface area contributed by atoms with E-state index in [1.807, 2.05) is 84.9 Å². The lowest BCUT2D eigenvalue weighted by atomic mass is 10.1. The van der Waals surface area contributed by atoms with Crippen LogP contribution < -0.4 is 14.8 Å². The first-order chi connectivity index (χ1) is 14.7. The lowest BCUT2D eigenvalue weighted by Gasteiger charge is -2.12. The van der Waals surface area contributed by atoms with Crippen LogP contribution in [0.25, 0.3) is 10.8 Å². The zero-order valence-corrected chi connectivity index (χ0v) is 17.8. The van der Waals surface area contributed by atoms with Gasteiger partial charge in [-0.1, -0.05) is 66.7 Å². The Kier molecular flexibility index (Phi) is 6.30. The number of carbonyl (C=O) groups excluding carboxylic acids is 1. The number of fused-ring (bicyclic) bond motifs is 1. The molecule has 0 radical (unpaired) electrons. The Labute approximate surface area is 183 Å². The van der Waals surface area contributed by atoms with E-state index in [0.29, 0.717) is 23.8 Å². The average Bonchev–Trinajstić information content (AvgIpc) is 2.78. The number of hydrogen-bond donors (Lipinski definition) is 1. The van der Waals surface area contributed by atoms with Gasteiger partial charge in [-0.25, -0.2) is 0 Å². The number of amides is 1. The van der Waals surface area contributed by atoms with Crippen molar-refractivity contribution in [2.24, 2.45) is 0 Å². The molecule has 0 heterocycles. The number of ether oxygens (including phenoxy) is 2. The second-order valence-electron chi connectivity index (χ2n) is 6.74. The van der Waals surface area contributed by atoms with Crippen molar-refractivity contribution in [1.29, 1.82) is 0 Å². The summed E-state index contributed by atoms with van der Waals surface area (Å²) in [7, 11) is 0. The Morgan fingerprint density at radius 1 is 0.833 bits per heavy atom. The number of benzene rings is 4. The molecule has 4 rings (SSSR count). The number of hydrogen-bond acceptors (Lipinski definition) is 3. The van der Waals surface area contributed by atoms with Gasteiger partial charge in [-0.05, 0) is 50.5 Å². The highest BCUT2D eigenvalue weighted by molar-refractivity contribution is 9.10. The molecule has 5 heteroatoms. The third kappa shape index (κ3) is 4.99. The van der Waals surface area contributed by atoms with Crippen LogP contribution in [0.5, 0.6) is 11.5 Å². The van der Waals surface area contributed by atoms with Crippen LogP contribution >= 0.6 is 15.9 Å². The fourth-order valence-corrected chi connectivity index (χ4v) is 3.68. The van der Waals surface area contributed by atoms with E-state index in [-0.39, 0.29) is 12.5 Å². The highest BCUT2D eigenvalue weighted by Gasteiger charge is 2.09. The zero-order valence-electron chi connectivity index (χ0n) is 16.2. The summed E-state index contributed by atoms with van der Waals surface area (Å²) in [6.45, 7) is 0.378. The monoisotopic (exact) mass is 461 g/mol. The van der Waals surface area contributed by atoms with E-state index in [4.69, 9.17) is 9.47 Å². The molecule has 150 valence electrons. The van der Waals surface area contributed by atoms with Gasteiger partial charge in [-0.15, -0.1) is 0 Å². The first-order valence-corrected chi connectivity index (χ1v) is 10.3. The fourth-order valence-electron chi connectivity index (χ4n) is 3.07. The second kappa shape index (κ2) is 9.46. The molecule has 1 N–H and O–H groups in total. The standard InChI is InChI=1S/C25H20BrNO3/c26-25-22-12-5-4-9-19(22)13-14-23(25)30-17-24(28)27-20-10-6-11-21(15-20)29-16-18-7-2-1-3-8-18/h1-15H,16-17H2,(H,27,28). The molecule has 4 aromatic carbocycles. The van der Waals surface area contributed by atoms with E-state index in [2.05, 4.69) is 21.2 Å². The third-order valence-corrected chi connectivity index (χ3v) is 5.37. The topological polar surface area (TPSA) is 47.6 Å². The van der Waals surface area contributed by atoms with E-state index in [9.17, 15) is 4.79 Å². The van der Waals surface area contributed by atoms with Crippen molar-refractivity contribution in [2.75, 3.05) is 11.9 Å². The minimum atomic E-state index is -0.240. The van der Waals surface area contributed by atoms with E-state index in [0.717, 1.165) is 20.8 Å². The van der Waals surface area contributed by atoms with Gasteiger partial charge in [-0.2, -0.15) is 0 Å². The summed E-state index contributed by atoms with van der Waals surface area (Å²) in [6, 6.07) is 29.1. The van der Waals surface area contributed by atoms with Gasteiger partial charge in [0, 0.05) is 11.8 Å². The van der Waals surface area contributed by atoms with Crippen LogP contribution in [0.4, 0.5) is 5.69 Å².